The lowest BCUT2D eigenvalue weighted by Crippen LogP contribution is -2.05. The van der Waals surface area contributed by atoms with Gasteiger partial charge >= 0.3 is 0 Å². The summed E-state index contributed by atoms with van der Waals surface area (Å²) in [5.41, 5.74) is 10.9. The fourth-order valence-electron chi connectivity index (χ4n) is 5.99. The maximum atomic E-state index is 4.31. The van der Waals surface area contributed by atoms with Gasteiger partial charge in [-0.25, -0.2) is 0 Å². The Morgan fingerprint density at radius 2 is 1.62 bits per heavy atom. The summed E-state index contributed by atoms with van der Waals surface area (Å²) in [7, 11) is 0. The Morgan fingerprint density at radius 1 is 0.875 bits per heavy atom. The molecule has 0 spiro atoms. The Labute approximate surface area is 246 Å². The molecule has 0 saturated heterocycles. The van der Waals surface area contributed by atoms with E-state index in [0.29, 0.717) is 0 Å². The standard InChI is InChI=1S/C40H54/c1-6-34(26-27-35-19-14-10-15-20-35)30-38(7-2)39(29-28-36-21-16-11-17-22-36)40-31-37(25-24-33(40)5)23-13-9-8-12-18-32(3)4/h6-7,10,14-15,19-20,24-25,29-31,36H,2-3,8-9,11-13,16-18,21-23,26-28H2,1,4-5H3/b34-6-,38-30+,39-29-. The number of hydrogen-bond acceptors (Lipinski definition) is 0. The highest BCUT2D eigenvalue weighted by molar-refractivity contribution is 5.84. The SMILES string of the molecule is C=CC(=C\C(=C/C)CCc1ccccc1)/C(=C/CC1CCCCC1)c1cc(CCCCCCC(=C)C)ccc1C. The predicted molar refractivity (Wildman–Crippen MR) is 179 cm³/mol. The molecule has 214 valence electrons. The van der Waals surface area contributed by atoms with Gasteiger partial charge in [0.05, 0.1) is 0 Å². The third kappa shape index (κ3) is 11.0. The van der Waals surface area contributed by atoms with E-state index in [4.69, 9.17) is 0 Å². The van der Waals surface area contributed by atoms with Gasteiger partial charge in [0.25, 0.3) is 0 Å². The first-order valence-corrected chi connectivity index (χ1v) is 16.0. The third-order valence-corrected chi connectivity index (χ3v) is 8.58. The maximum Gasteiger partial charge on any atom is -0.0149 e. The third-order valence-electron chi connectivity index (χ3n) is 8.58. The van der Waals surface area contributed by atoms with Crippen LogP contribution in [-0.4, -0.2) is 0 Å². The molecule has 40 heavy (non-hydrogen) atoms. The Balaban J connectivity index is 1.83. The first-order chi connectivity index (χ1) is 19.5. The van der Waals surface area contributed by atoms with Crippen molar-refractivity contribution in [3.8, 4) is 0 Å². The lowest BCUT2D eigenvalue weighted by atomic mass is 9.84. The van der Waals surface area contributed by atoms with E-state index in [2.05, 4.69) is 107 Å². The average Bonchev–Trinajstić information content (AvgIpc) is 2.98. The number of rotatable bonds is 16. The second kappa shape index (κ2) is 17.8. The maximum absolute atomic E-state index is 4.31. The molecule has 0 aromatic heterocycles. The highest BCUT2D eigenvalue weighted by Crippen LogP contribution is 2.33. The van der Waals surface area contributed by atoms with Crippen molar-refractivity contribution in [1.29, 1.82) is 0 Å². The van der Waals surface area contributed by atoms with Crippen molar-refractivity contribution in [2.45, 2.75) is 111 Å². The molecule has 0 radical (unpaired) electrons. The van der Waals surface area contributed by atoms with Crippen LogP contribution in [0.2, 0.25) is 0 Å². The average molecular weight is 535 g/mol. The van der Waals surface area contributed by atoms with Crippen molar-refractivity contribution in [2.24, 2.45) is 5.92 Å². The van der Waals surface area contributed by atoms with E-state index in [1.807, 2.05) is 0 Å². The van der Waals surface area contributed by atoms with Crippen molar-refractivity contribution in [1.82, 2.24) is 0 Å². The fourth-order valence-corrected chi connectivity index (χ4v) is 5.99. The Kier molecular flexibility index (Phi) is 14.1. The summed E-state index contributed by atoms with van der Waals surface area (Å²) in [4.78, 5) is 0. The van der Waals surface area contributed by atoms with Crippen LogP contribution < -0.4 is 0 Å². The minimum Gasteiger partial charge on any atom is -0.100 e. The van der Waals surface area contributed by atoms with Gasteiger partial charge in [0.15, 0.2) is 0 Å². The van der Waals surface area contributed by atoms with Gasteiger partial charge in [0.1, 0.15) is 0 Å². The molecule has 0 heteroatoms. The first-order valence-electron chi connectivity index (χ1n) is 16.0. The zero-order chi connectivity index (χ0) is 28.6. The molecule has 3 rings (SSSR count). The van der Waals surface area contributed by atoms with Gasteiger partial charge in [-0.1, -0.05) is 136 Å². The number of hydrogen-bond donors (Lipinski definition) is 0. The summed E-state index contributed by atoms with van der Waals surface area (Å²) in [6.07, 6.45) is 27.0. The zero-order valence-electron chi connectivity index (χ0n) is 25.8. The summed E-state index contributed by atoms with van der Waals surface area (Å²) in [6, 6.07) is 18.0. The topological polar surface area (TPSA) is 0 Å². The van der Waals surface area contributed by atoms with Gasteiger partial charge in [0, 0.05) is 0 Å². The van der Waals surface area contributed by atoms with E-state index in [1.54, 1.807) is 0 Å². The van der Waals surface area contributed by atoms with Gasteiger partial charge < -0.3 is 0 Å². The van der Waals surface area contributed by atoms with E-state index < -0.39 is 0 Å². The summed E-state index contributed by atoms with van der Waals surface area (Å²) in [5.74, 6) is 0.816. The minimum atomic E-state index is 0.816. The van der Waals surface area contributed by atoms with E-state index in [-0.39, 0.29) is 0 Å². The quantitative estimate of drug-likeness (QED) is 0.114. The first kappa shape index (κ1) is 31.7. The van der Waals surface area contributed by atoms with Crippen molar-refractivity contribution in [3.05, 3.63) is 125 Å². The van der Waals surface area contributed by atoms with Crippen LogP contribution in [0.1, 0.15) is 113 Å². The molecule has 1 aliphatic rings. The molecule has 0 bridgehead atoms. The Hall–Kier alpha value is -2.86. The Bertz CT molecular complexity index is 1150. The smallest absolute Gasteiger partial charge is 0.0149 e. The van der Waals surface area contributed by atoms with Gasteiger partial charge in [-0.05, 0) is 105 Å². The minimum absolute atomic E-state index is 0.816. The van der Waals surface area contributed by atoms with Crippen molar-refractivity contribution in [2.75, 3.05) is 0 Å². The van der Waals surface area contributed by atoms with E-state index in [1.165, 1.54) is 115 Å². The summed E-state index contributed by atoms with van der Waals surface area (Å²) >= 11 is 0. The molecule has 2 aromatic rings. The van der Waals surface area contributed by atoms with Gasteiger partial charge in [-0.15, -0.1) is 6.58 Å². The molecule has 0 unspecified atom stereocenters. The highest BCUT2D eigenvalue weighted by Gasteiger charge is 2.15. The van der Waals surface area contributed by atoms with Crippen molar-refractivity contribution in [3.63, 3.8) is 0 Å². The van der Waals surface area contributed by atoms with E-state index in [9.17, 15) is 0 Å². The molecule has 2 aromatic carbocycles. The van der Waals surface area contributed by atoms with Crippen LogP contribution in [0.4, 0.5) is 0 Å². The molecule has 0 nitrogen and oxygen atoms in total. The summed E-state index contributed by atoms with van der Waals surface area (Å²) in [6.45, 7) is 14.9. The van der Waals surface area contributed by atoms with E-state index >= 15 is 0 Å². The van der Waals surface area contributed by atoms with Gasteiger partial charge in [-0.2, -0.15) is 0 Å². The van der Waals surface area contributed by atoms with Crippen molar-refractivity contribution >= 4 is 5.57 Å². The van der Waals surface area contributed by atoms with Gasteiger partial charge in [-0.3, -0.25) is 0 Å². The van der Waals surface area contributed by atoms with Crippen molar-refractivity contribution < 1.29 is 0 Å². The molecule has 0 heterocycles. The number of benzene rings is 2. The highest BCUT2D eigenvalue weighted by atomic mass is 14.2. The molecule has 1 fully saturated rings. The summed E-state index contributed by atoms with van der Waals surface area (Å²) in [5, 5.41) is 0. The van der Waals surface area contributed by atoms with Gasteiger partial charge in [0.2, 0.25) is 0 Å². The molecule has 0 aliphatic heterocycles. The van der Waals surface area contributed by atoms with Crippen LogP contribution in [0, 0.1) is 12.8 Å². The molecule has 0 N–H and O–H groups in total. The number of unbranched alkanes of at least 4 members (excludes halogenated alkanes) is 3. The summed E-state index contributed by atoms with van der Waals surface area (Å²) < 4.78 is 0. The number of allylic oxidation sites excluding steroid dienone is 8. The van der Waals surface area contributed by atoms with Crippen LogP contribution in [0.3, 0.4) is 0 Å². The second-order valence-corrected chi connectivity index (χ2v) is 12.0. The monoisotopic (exact) mass is 534 g/mol. The normalized spacial score (nSPS) is 15.3. The molecule has 1 saturated carbocycles. The molecular formula is C40H54. The van der Waals surface area contributed by atoms with E-state index in [0.717, 1.165) is 25.2 Å². The number of aryl methyl sites for hydroxylation is 3. The fraction of sp³-hybridized carbons (Fsp3) is 0.450. The molecule has 1 aliphatic carbocycles. The largest absolute Gasteiger partial charge is 0.100 e. The van der Waals surface area contributed by atoms with Crippen LogP contribution in [-0.2, 0) is 12.8 Å². The van der Waals surface area contributed by atoms with Crippen LogP contribution in [0.5, 0.6) is 0 Å². The molecule has 0 atom stereocenters. The Morgan fingerprint density at radius 3 is 2.33 bits per heavy atom. The second-order valence-electron chi connectivity index (χ2n) is 12.0. The zero-order valence-corrected chi connectivity index (χ0v) is 25.8. The molecular weight excluding hydrogens is 480 g/mol. The molecule has 0 amide bonds. The van der Waals surface area contributed by atoms with Crippen LogP contribution in [0.15, 0.2) is 103 Å². The van der Waals surface area contributed by atoms with Crippen LogP contribution >= 0.6 is 0 Å². The predicted octanol–water partition coefficient (Wildman–Crippen LogP) is 12.1. The lowest BCUT2D eigenvalue weighted by molar-refractivity contribution is 0.361. The lowest BCUT2D eigenvalue weighted by Gasteiger charge is -2.21. The van der Waals surface area contributed by atoms with Crippen LogP contribution in [0.25, 0.3) is 5.57 Å².